The van der Waals surface area contributed by atoms with Gasteiger partial charge in [0, 0.05) is 11.5 Å². The van der Waals surface area contributed by atoms with Gasteiger partial charge in [0.15, 0.2) is 0 Å². The van der Waals surface area contributed by atoms with Crippen molar-refractivity contribution in [2.75, 3.05) is 6.54 Å². The molecule has 1 saturated carbocycles. The summed E-state index contributed by atoms with van der Waals surface area (Å²) in [4.78, 5) is 0. The second kappa shape index (κ2) is 4.66. The summed E-state index contributed by atoms with van der Waals surface area (Å²) >= 11 is 13.9. The lowest BCUT2D eigenvalue weighted by Crippen LogP contribution is -2.27. The van der Waals surface area contributed by atoms with Crippen LogP contribution in [0.5, 0.6) is 0 Å². The van der Waals surface area contributed by atoms with Crippen LogP contribution in [-0.4, -0.2) is 12.6 Å². The molecule has 1 aromatic heterocycles. The lowest BCUT2D eigenvalue weighted by Gasteiger charge is -2.14. The molecule has 1 heterocycles. The fourth-order valence-electron chi connectivity index (χ4n) is 3.14. The molecule has 0 saturated heterocycles. The normalized spacial score (nSPS) is 29.9. The van der Waals surface area contributed by atoms with Crippen molar-refractivity contribution in [2.24, 2.45) is 11.3 Å². The molecule has 4 heteroatoms. The molecular formula is C14H21Cl2NS. The summed E-state index contributed by atoms with van der Waals surface area (Å²) in [5, 5.41) is 3.54. The Hall–Kier alpha value is 0.240. The maximum absolute atomic E-state index is 6.34. The zero-order valence-electron chi connectivity index (χ0n) is 11.6. The van der Waals surface area contributed by atoms with E-state index < -0.39 is 0 Å². The van der Waals surface area contributed by atoms with E-state index in [1.807, 2.05) is 6.07 Å². The summed E-state index contributed by atoms with van der Waals surface area (Å²) in [6.07, 6.45) is 0. The van der Waals surface area contributed by atoms with Crippen LogP contribution in [0.2, 0.25) is 8.67 Å². The first-order valence-corrected chi connectivity index (χ1v) is 7.97. The molecule has 1 nitrogen and oxygen atoms in total. The lowest BCUT2D eigenvalue weighted by molar-refractivity contribution is 0.489. The van der Waals surface area contributed by atoms with E-state index in [0.29, 0.717) is 12.0 Å². The third kappa shape index (κ3) is 2.11. The van der Waals surface area contributed by atoms with Gasteiger partial charge >= 0.3 is 0 Å². The van der Waals surface area contributed by atoms with Gasteiger partial charge in [-0.05, 0) is 29.5 Å². The Labute approximate surface area is 124 Å². The Morgan fingerprint density at radius 2 is 1.94 bits per heavy atom. The summed E-state index contributed by atoms with van der Waals surface area (Å²) in [5.74, 6) is 0.607. The van der Waals surface area contributed by atoms with Crippen molar-refractivity contribution in [3.63, 3.8) is 0 Å². The summed E-state index contributed by atoms with van der Waals surface area (Å²) in [6.45, 7) is 12.3. The van der Waals surface area contributed by atoms with Crippen LogP contribution >= 0.6 is 34.5 Å². The molecule has 1 N–H and O–H groups in total. The molecule has 1 aliphatic rings. The molecule has 102 valence electrons. The van der Waals surface area contributed by atoms with Crippen molar-refractivity contribution < 1.29 is 0 Å². The van der Waals surface area contributed by atoms with Crippen LogP contribution in [0.4, 0.5) is 0 Å². The molecule has 1 aromatic rings. The van der Waals surface area contributed by atoms with Gasteiger partial charge in [0.25, 0.3) is 0 Å². The van der Waals surface area contributed by atoms with Gasteiger partial charge in [0.1, 0.15) is 0 Å². The Balaban J connectivity index is 2.24. The number of halogens is 2. The van der Waals surface area contributed by atoms with Gasteiger partial charge in [-0.25, -0.2) is 0 Å². The maximum atomic E-state index is 6.34. The fraction of sp³-hybridized carbons (Fsp3) is 0.714. The molecule has 0 bridgehead atoms. The monoisotopic (exact) mass is 305 g/mol. The van der Waals surface area contributed by atoms with Crippen LogP contribution in [0.15, 0.2) is 6.07 Å². The SMILES string of the molecule is CC(C)NCC1C(C)(C)C1(C)c1cc(Cl)sc1Cl. The standard InChI is InChI=1S/C14H21Cl2NS/c1-8(2)17-7-10-13(3,4)14(10,5)9-6-11(15)18-12(9)16/h6,8,10,17H,7H2,1-5H3. The summed E-state index contributed by atoms with van der Waals surface area (Å²) < 4.78 is 1.64. The highest BCUT2D eigenvalue weighted by atomic mass is 35.5. The summed E-state index contributed by atoms with van der Waals surface area (Å²) in [6, 6.07) is 2.57. The third-order valence-corrected chi connectivity index (χ3v) is 6.26. The fourth-order valence-corrected chi connectivity index (χ4v) is 4.83. The van der Waals surface area contributed by atoms with E-state index >= 15 is 0 Å². The molecule has 1 aliphatic carbocycles. The zero-order chi connectivity index (χ0) is 13.7. The van der Waals surface area contributed by atoms with E-state index in [1.54, 1.807) is 0 Å². The smallest absolute Gasteiger partial charge is 0.0982 e. The summed E-state index contributed by atoms with van der Waals surface area (Å²) in [7, 11) is 0. The van der Waals surface area contributed by atoms with Gasteiger partial charge in [-0.3, -0.25) is 0 Å². The van der Waals surface area contributed by atoms with Crippen LogP contribution in [0, 0.1) is 11.3 Å². The first-order valence-electron chi connectivity index (χ1n) is 6.40. The van der Waals surface area contributed by atoms with Crippen LogP contribution in [0.1, 0.15) is 40.2 Å². The first kappa shape index (κ1) is 14.6. The predicted octanol–water partition coefficient (Wildman–Crippen LogP) is 4.97. The third-order valence-electron chi connectivity index (χ3n) is 4.77. The van der Waals surface area contributed by atoms with Gasteiger partial charge in [0.2, 0.25) is 0 Å². The van der Waals surface area contributed by atoms with Crippen LogP contribution in [0.3, 0.4) is 0 Å². The van der Waals surface area contributed by atoms with Crippen LogP contribution in [-0.2, 0) is 5.41 Å². The molecule has 1 fully saturated rings. The highest BCUT2D eigenvalue weighted by Gasteiger charge is 2.68. The first-order chi connectivity index (χ1) is 8.21. The second-order valence-electron chi connectivity index (χ2n) is 6.28. The van der Waals surface area contributed by atoms with Crippen molar-refractivity contribution in [2.45, 2.75) is 46.1 Å². The largest absolute Gasteiger partial charge is 0.314 e. The Morgan fingerprint density at radius 3 is 2.39 bits per heavy atom. The Morgan fingerprint density at radius 1 is 1.33 bits per heavy atom. The summed E-state index contributed by atoms with van der Waals surface area (Å²) in [5.41, 5.74) is 1.62. The lowest BCUT2D eigenvalue weighted by atomic mass is 9.92. The quantitative estimate of drug-likeness (QED) is 0.828. The number of rotatable bonds is 4. The van der Waals surface area contributed by atoms with Crippen molar-refractivity contribution in [3.8, 4) is 0 Å². The average molecular weight is 306 g/mol. The second-order valence-corrected chi connectivity index (χ2v) is 8.56. The highest BCUT2D eigenvalue weighted by Crippen LogP contribution is 2.70. The van der Waals surface area contributed by atoms with Gasteiger partial charge in [-0.2, -0.15) is 0 Å². The minimum absolute atomic E-state index is 0.135. The van der Waals surface area contributed by atoms with Gasteiger partial charge in [-0.1, -0.05) is 57.8 Å². The molecule has 2 unspecified atom stereocenters. The van der Waals surface area contributed by atoms with Crippen LogP contribution < -0.4 is 5.32 Å². The highest BCUT2D eigenvalue weighted by molar-refractivity contribution is 7.20. The van der Waals surface area contributed by atoms with E-state index in [1.165, 1.54) is 16.9 Å². The molecule has 2 rings (SSSR count). The average Bonchev–Trinajstić information content (AvgIpc) is 2.52. The van der Waals surface area contributed by atoms with E-state index in [0.717, 1.165) is 15.2 Å². The van der Waals surface area contributed by atoms with Crippen molar-refractivity contribution in [1.82, 2.24) is 5.32 Å². The minimum Gasteiger partial charge on any atom is -0.314 e. The van der Waals surface area contributed by atoms with E-state index in [-0.39, 0.29) is 10.8 Å². The molecular weight excluding hydrogens is 285 g/mol. The number of nitrogens with one attached hydrogen (secondary N) is 1. The Bertz CT molecular complexity index is 453. The molecule has 0 amide bonds. The molecule has 0 radical (unpaired) electrons. The number of hydrogen-bond donors (Lipinski definition) is 1. The van der Waals surface area contributed by atoms with Gasteiger partial charge in [0.05, 0.1) is 8.67 Å². The van der Waals surface area contributed by atoms with Crippen molar-refractivity contribution in [1.29, 1.82) is 0 Å². The van der Waals surface area contributed by atoms with E-state index in [2.05, 4.69) is 39.9 Å². The maximum Gasteiger partial charge on any atom is 0.0982 e. The van der Waals surface area contributed by atoms with E-state index in [9.17, 15) is 0 Å². The van der Waals surface area contributed by atoms with E-state index in [4.69, 9.17) is 23.2 Å². The molecule has 0 spiro atoms. The predicted molar refractivity (Wildman–Crippen MR) is 82.1 cm³/mol. The minimum atomic E-state index is 0.135. The molecule has 0 aliphatic heterocycles. The molecule has 18 heavy (non-hydrogen) atoms. The topological polar surface area (TPSA) is 12.0 Å². The van der Waals surface area contributed by atoms with Crippen molar-refractivity contribution >= 4 is 34.5 Å². The molecule has 2 atom stereocenters. The number of hydrogen-bond acceptors (Lipinski definition) is 2. The van der Waals surface area contributed by atoms with Gasteiger partial charge < -0.3 is 5.32 Å². The number of thiophene rings is 1. The van der Waals surface area contributed by atoms with Crippen molar-refractivity contribution in [3.05, 3.63) is 20.3 Å². The van der Waals surface area contributed by atoms with Crippen LogP contribution in [0.25, 0.3) is 0 Å². The Kier molecular flexibility index (Phi) is 3.79. The van der Waals surface area contributed by atoms with Gasteiger partial charge in [-0.15, -0.1) is 11.3 Å². The zero-order valence-corrected chi connectivity index (χ0v) is 13.9. The molecule has 0 aromatic carbocycles.